The summed E-state index contributed by atoms with van der Waals surface area (Å²) in [4.78, 5) is 25.4. The first-order valence-corrected chi connectivity index (χ1v) is 27.9. The molecular formula is C56H101N2O6P. The topological polar surface area (TPSA) is 108 Å². The number of hydrogen-bond donors (Lipinski definition) is 2. The summed E-state index contributed by atoms with van der Waals surface area (Å²) in [5.41, 5.74) is 0. The highest BCUT2D eigenvalue weighted by Crippen LogP contribution is 2.38. The van der Waals surface area contributed by atoms with Gasteiger partial charge < -0.3 is 28.8 Å². The summed E-state index contributed by atoms with van der Waals surface area (Å²) in [6.45, 7) is 4.51. The Bertz CT molecular complexity index is 1330. The van der Waals surface area contributed by atoms with Gasteiger partial charge in [-0.15, -0.1) is 0 Å². The molecule has 376 valence electrons. The lowest BCUT2D eigenvalue weighted by Crippen LogP contribution is -2.45. The van der Waals surface area contributed by atoms with Crippen molar-refractivity contribution in [3.63, 3.8) is 0 Å². The number of carbonyl (C=O) groups is 1. The van der Waals surface area contributed by atoms with Gasteiger partial charge in [0.15, 0.2) is 0 Å². The SMILES string of the molecule is CC/C=C\C/C=C\C/C=C\C/C=C\C/C=C\C/C=C\CCCCCCCCCCCCCCC(=O)NC(COP(=O)([O-])OCC[N+](C)(C)C)C(O)/C=C/CCCCCCCCCCCC. The molecule has 0 saturated heterocycles. The van der Waals surface area contributed by atoms with Crippen molar-refractivity contribution in [2.75, 3.05) is 40.9 Å². The van der Waals surface area contributed by atoms with E-state index in [-0.39, 0.29) is 19.1 Å². The number of likely N-dealkylation sites (N-methyl/N-ethyl adjacent to an activating group) is 1. The number of quaternary nitrogens is 1. The van der Waals surface area contributed by atoms with E-state index in [1.54, 1.807) is 6.08 Å². The average Bonchev–Trinajstić information content (AvgIpc) is 3.26. The third-order valence-electron chi connectivity index (χ3n) is 11.4. The van der Waals surface area contributed by atoms with Crippen LogP contribution in [0.2, 0.25) is 0 Å². The summed E-state index contributed by atoms with van der Waals surface area (Å²) in [5, 5.41) is 13.8. The molecule has 0 heterocycles. The van der Waals surface area contributed by atoms with Crippen molar-refractivity contribution in [3.8, 4) is 0 Å². The lowest BCUT2D eigenvalue weighted by atomic mass is 10.0. The van der Waals surface area contributed by atoms with Gasteiger partial charge in [-0.05, 0) is 70.6 Å². The highest BCUT2D eigenvalue weighted by Gasteiger charge is 2.23. The van der Waals surface area contributed by atoms with E-state index in [2.05, 4.69) is 92.1 Å². The van der Waals surface area contributed by atoms with Crippen LogP contribution in [0.15, 0.2) is 85.1 Å². The highest BCUT2D eigenvalue weighted by atomic mass is 31.2. The number of aliphatic hydroxyl groups is 1. The minimum absolute atomic E-state index is 0.00451. The predicted octanol–water partition coefficient (Wildman–Crippen LogP) is 15.1. The van der Waals surface area contributed by atoms with E-state index in [0.29, 0.717) is 17.4 Å². The van der Waals surface area contributed by atoms with Crippen molar-refractivity contribution in [1.29, 1.82) is 0 Å². The Morgan fingerprint density at radius 3 is 1.37 bits per heavy atom. The molecule has 0 rings (SSSR count). The first-order chi connectivity index (χ1) is 31.5. The molecule has 3 unspecified atom stereocenters. The molecule has 0 aromatic rings. The van der Waals surface area contributed by atoms with Gasteiger partial charge in [0.05, 0.1) is 39.9 Å². The van der Waals surface area contributed by atoms with Crippen molar-refractivity contribution in [2.45, 2.75) is 225 Å². The number of nitrogens with zero attached hydrogens (tertiary/aromatic N) is 1. The predicted molar refractivity (Wildman–Crippen MR) is 279 cm³/mol. The molecule has 0 aromatic carbocycles. The Kier molecular flexibility index (Phi) is 45.1. The Balaban J connectivity index is 4.14. The van der Waals surface area contributed by atoms with Crippen LogP contribution in [-0.4, -0.2) is 68.5 Å². The molecule has 3 atom stereocenters. The molecule has 0 aromatic heterocycles. The first-order valence-electron chi connectivity index (χ1n) is 26.4. The fourth-order valence-electron chi connectivity index (χ4n) is 7.21. The van der Waals surface area contributed by atoms with E-state index in [1.807, 2.05) is 27.2 Å². The van der Waals surface area contributed by atoms with Gasteiger partial charge in [0, 0.05) is 6.42 Å². The lowest BCUT2D eigenvalue weighted by molar-refractivity contribution is -0.870. The first kappa shape index (κ1) is 62.7. The largest absolute Gasteiger partial charge is 0.756 e. The molecular weight excluding hydrogens is 828 g/mol. The molecule has 0 spiro atoms. The van der Waals surface area contributed by atoms with Gasteiger partial charge in [-0.3, -0.25) is 9.36 Å². The Morgan fingerprint density at radius 1 is 0.554 bits per heavy atom. The highest BCUT2D eigenvalue weighted by molar-refractivity contribution is 7.45. The maximum Gasteiger partial charge on any atom is 0.268 e. The number of rotatable bonds is 47. The van der Waals surface area contributed by atoms with E-state index in [1.165, 1.54) is 116 Å². The average molecular weight is 929 g/mol. The fourth-order valence-corrected chi connectivity index (χ4v) is 7.94. The van der Waals surface area contributed by atoms with Crippen molar-refractivity contribution in [1.82, 2.24) is 5.32 Å². The number of phosphoric acid groups is 1. The van der Waals surface area contributed by atoms with Crippen LogP contribution in [0.3, 0.4) is 0 Å². The van der Waals surface area contributed by atoms with Crippen molar-refractivity contribution in [3.05, 3.63) is 85.1 Å². The Morgan fingerprint density at radius 2 is 0.938 bits per heavy atom. The Labute approximate surface area is 401 Å². The zero-order valence-corrected chi connectivity index (χ0v) is 43.6. The second-order valence-electron chi connectivity index (χ2n) is 18.9. The molecule has 0 aliphatic rings. The van der Waals surface area contributed by atoms with E-state index < -0.39 is 20.0 Å². The van der Waals surface area contributed by atoms with Crippen LogP contribution in [0.1, 0.15) is 213 Å². The van der Waals surface area contributed by atoms with Crippen LogP contribution in [0.4, 0.5) is 0 Å². The van der Waals surface area contributed by atoms with Crippen molar-refractivity contribution < 1.29 is 32.9 Å². The van der Waals surface area contributed by atoms with Crippen molar-refractivity contribution in [2.24, 2.45) is 0 Å². The molecule has 0 fully saturated rings. The number of allylic oxidation sites excluding steroid dienone is 13. The number of unbranched alkanes of at least 4 members (excludes halogenated alkanes) is 22. The Hall–Kier alpha value is -2.32. The van der Waals surface area contributed by atoms with E-state index in [9.17, 15) is 19.4 Å². The van der Waals surface area contributed by atoms with E-state index in [0.717, 1.165) is 77.0 Å². The van der Waals surface area contributed by atoms with Gasteiger partial charge in [-0.2, -0.15) is 0 Å². The van der Waals surface area contributed by atoms with Gasteiger partial charge in [0.1, 0.15) is 13.2 Å². The molecule has 9 heteroatoms. The van der Waals surface area contributed by atoms with Crippen LogP contribution >= 0.6 is 7.82 Å². The molecule has 0 saturated carbocycles. The monoisotopic (exact) mass is 929 g/mol. The third-order valence-corrected chi connectivity index (χ3v) is 12.3. The maximum atomic E-state index is 12.9. The number of amides is 1. The standard InChI is InChI=1S/C56H101N2O6P/c1-6-8-10-12-14-16-18-20-21-22-23-24-25-26-27-28-29-30-31-32-33-34-35-36-37-38-40-42-44-46-48-50-56(60)57-54(53-64-65(61,62)63-52-51-58(3,4)5)55(59)49-47-45-43-41-39-19-17-15-13-11-9-7-2/h8,10,14,16,20-21,23-24,26-27,29-30,47,49,54-55,59H,6-7,9,11-13,15,17-19,22,25,28,31-46,48,50-53H2,1-5H3,(H-,57,60,61,62)/b10-8-,16-14-,21-20-,24-23-,27-26-,30-29-,49-47+. The number of aliphatic hydroxyl groups excluding tert-OH is 1. The van der Waals surface area contributed by atoms with Crippen LogP contribution in [0.5, 0.6) is 0 Å². The molecule has 1 amide bonds. The minimum Gasteiger partial charge on any atom is -0.756 e. The molecule has 8 nitrogen and oxygen atoms in total. The summed E-state index contributed by atoms with van der Waals surface area (Å²) < 4.78 is 23.2. The second kappa shape index (κ2) is 46.8. The summed E-state index contributed by atoms with van der Waals surface area (Å²) in [6, 6.07) is -0.890. The number of nitrogens with one attached hydrogen (secondary N) is 1. The molecule has 65 heavy (non-hydrogen) atoms. The van der Waals surface area contributed by atoms with Crippen LogP contribution in [0, 0.1) is 0 Å². The van der Waals surface area contributed by atoms with Gasteiger partial charge >= 0.3 is 0 Å². The summed E-state index contributed by atoms with van der Waals surface area (Å²) >= 11 is 0. The molecule has 2 N–H and O–H groups in total. The van der Waals surface area contributed by atoms with E-state index >= 15 is 0 Å². The second-order valence-corrected chi connectivity index (χ2v) is 20.3. The number of hydrogen-bond acceptors (Lipinski definition) is 6. The van der Waals surface area contributed by atoms with Gasteiger partial charge in [-0.1, -0.05) is 221 Å². The minimum atomic E-state index is -4.59. The summed E-state index contributed by atoms with van der Waals surface area (Å²) in [7, 11) is 1.25. The molecule has 0 aliphatic heterocycles. The normalized spacial score (nSPS) is 14.8. The number of phosphoric ester groups is 1. The molecule has 0 radical (unpaired) electrons. The maximum absolute atomic E-state index is 12.9. The summed E-state index contributed by atoms with van der Waals surface area (Å²) in [5.74, 6) is -0.204. The molecule has 0 aliphatic carbocycles. The quantitative estimate of drug-likeness (QED) is 0.0272. The van der Waals surface area contributed by atoms with Gasteiger partial charge in [-0.25, -0.2) is 0 Å². The van der Waals surface area contributed by atoms with Crippen LogP contribution in [0.25, 0.3) is 0 Å². The van der Waals surface area contributed by atoms with Crippen molar-refractivity contribution >= 4 is 13.7 Å². The van der Waals surface area contributed by atoms with Gasteiger partial charge in [0.25, 0.3) is 7.82 Å². The zero-order chi connectivity index (χ0) is 47.8. The summed E-state index contributed by atoms with van der Waals surface area (Å²) in [6.07, 6.45) is 65.0. The van der Waals surface area contributed by atoms with Gasteiger partial charge in [0.2, 0.25) is 5.91 Å². The third kappa shape index (κ3) is 49.4. The zero-order valence-electron chi connectivity index (χ0n) is 42.7. The van der Waals surface area contributed by atoms with Crippen LogP contribution < -0.4 is 10.2 Å². The fraction of sp³-hybridized carbons (Fsp3) is 0.732. The van der Waals surface area contributed by atoms with Crippen LogP contribution in [-0.2, 0) is 18.4 Å². The molecule has 0 bridgehead atoms. The van der Waals surface area contributed by atoms with E-state index in [4.69, 9.17) is 9.05 Å². The lowest BCUT2D eigenvalue weighted by Gasteiger charge is -2.29. The smallest absolute Gasteiger partial charge is 0.268 e. The number of carbonyl (C=O) groups excluding carboxylic acids is 1.